The molecule has 10 rings (SSSR count). The molecule has 0 aliphatic rings. The second-order valence-corrected chi connectivity index (χ2v) is 17.4. The van der Waals surface area contributed by atoms with Gasteiger partial charge in [-0.2, -0.15) is 0 Å². The lowest BCUT2D eigenvalue weighted by Gasteiger charge is -2.32. The standard InChI is InChI=1S/C60H52N2/c1-39(2)51-37-53-57(61(55-26-15-13-18-41(55)5)47-30-28-45(29-31-47)43-20-9-7-10-21-43)34-32-49-52(40(3)4)38-54-58(35-33-50(51)60(54)59(49)53)62(56-27-16-14-19-42(56)6)48-25-17-24-46(36-48)44-22-11-8-12-23-44/h7-40H,1-6H3. The van der Waals surface area contributed by atoms with Gasteiger partial charge in [0.25, 0.3) is 0 Å². The van der Waals surface area contributed by atoms with Gasteiger partial charge in [0.05, 0.1) is 11.4 Å². The van der Waals surface area contributed by atoms with Crippen LogP contribution in [0, 0.1) is 13.8 Å². The fourth-order valence-electron chi connectivity index (χ4n) is 9.67. The summed E-state index contributed by atoms with van der Waals surface area (Å²) in [6.07, 6.45) is 0. The van der Waals surface area contributed by atoms with Crippen LogP contribution in [0.25, 0.3) is 54.6 Å². The van der Waals surface area contributed by atoms with Crippen LogP contribution < -0.4 is 9.80 Å². The lowest BCUT2D eigenvalue weighted by Crippen LogP contribution is -2.13. The summed E-state index contributed by atoms with van der Waals surface area (Å²) in [7, 11) is 0. The lowest BCUT2D eigenvalue weighted by molar-refractivity contribution is 0.876. The smallest absolute Gasteiger partial charge is 0.0540 e. The van der Waals surface area contributed by atoms with Gasteiger partial charge in [-0.05, 0) is 152 Å². The minimum atomic E-state index is 0.302. The van der Waals surface area contributed by atoms with E-state index in [0.717, 1.165) is 11.4 Å². The largest absolute Gasteiger partial charge is 0.310 e. The first-order valence-corrected chi connectivity index (χ1v) is 22.1. The van der Waals surface area contributed by atoms with Crippen molar-refractivity contribution in [3.63, 3.8) is 0 Å². The second kappa shape index (κ2) is 16.0. The molecule has 0 bridgehead atoms. The number of rotatable bonds is 10. The summed E-state index contributed by atoms with van der Waals surface area (Å²) in [4.78, 5) is 4.99. The third kappa shape index (κ3) is 6.77. The van der Waals surface area contributed by atoms with Crippen LogP contribution in [-0.2, 0) is 0 Å². The van der Waals surface area contributed by atoms with E-state index in [1.807, 2.05) is 0 Å². The van der Waals surface area contributed by atoms with Gasteiger partial charge in [0.2, 0.25) is 0 Å². The maximum Gasteiger partial charge on any atom is 0.0540 e. The van der Waals surface area contributed by atoms with Gasteiger partial charge < -0.3 is 9.80 Å². The van der Waals surface area contributed by atoms with Crippen molar-refractivity contribution in [3.8, 4) is 22.3 Å². The zero-order valence-corrected chi connectivity index (χ0v) is 36.5. The van der Waals surface area contributed by atoms with Crippen LogP contribution in [0.4, 0.5) is 34.1 Å². The molecule has 0 N–H and O–H groups in total. The molecule has 10 aromatic rings. The first-order chi connectivity index (χ1) is 30.3. The predicted molar refractivity (Wildman–Crippen MR) is 268 cm³/mol. The molecule has 2 nitrogen and oxygen atoms in total. The molecule has 0 aromatic heterocycles. The van der Waals surface area contributed by atoms with Crippen molar-refractivity contribution >= 4 is 66.4 Å². The molecule has 0 aliphatic heterocycles. The third-order valence-corrected chi connectivity index (χ3v) is 12.8. The van der Waals surface area contributed by atoms with Crippen molar-refractivity contribution in [2.75, 3.05) is 9.80 Å². The van der Waals surface area contributed by atoms with Crippen molar-refractivity contribution in [2.24, 2.45) is 0 Å². The van der Waals surface area contributed by atoms with E-state index in [4.69, 9.17) is 0 Å². The Morgan fingerprint density at radius 3 is 1.21 bits per heavy atom. The zero-order chi connectivity index (χ0) is 42.5. The van der Waals surface area contributed by atoms with Crippen LogP contribution in [0.1, 0.15) is 61.8 Å². The molecule has 0 saturated carbocycles. The highest BCUT2D eigenvalue weighted by Gasteiger charge is 2.26. The van der Waals surface area contributed by atoms with Crippen LogP contribution in [0.5, 0.6) is 0 Å². The van der Waals surface area contributed by atoms with Gasteiger partial charge in [0.1, 0.15) is 0 Å². The Morgan fingerprint density at radius 1 is 0.306 bits per heavy atom. The molecule has 0 heterocycles. The van der Waals surface area contributed by atoms with Crippen molar-refractivity contribution in [1.29, 1.82) is 0 Å². The van der Waals surface area contributed by atoms with Crippen LogP contribution >= 0.6 is 0 Å². The summed E-state index contributed by atoms with van der Waals surface area (Å²) in [6.45, 7) is 13.8. The van der Waals surface area contributed by atoms with E-state index in [1.165, 1.54) is 99.6 Å². The molecule has 10 aromatic carbocycles. The van der Waals surface area contributed by atoms with Crippen molar-refractivity contribution in [2.45, 2.75) is 53.4 Å². The fourth-order valence-corrected chi connectivity index (χ4v) is 9.67. The molecule has 0 saturated heterocycles. The van der Waals surface area contributed by atoms with E-state index >= 15 is 0 Å². The van der Waals surface area contributed by atoms with E-state index in [2.05, 4.69) is 245 Å². The highest BCUT2D eigenvalue weighted by molar-refractivity contribution is 6.29. The molecular formula is C60H52N2. The van der Waals surface area contributed by atoms with Gasteiger partial charge in [0.15, 0.2) is 0 Å². The average Bonchev–Trinajstić information content (AvgIpc) is 3.30. The maximum atomic E-state index is 2.52. The van der Waals surface area contributed by atoms with Crippen molar-refractivity contribution in [3.05, 3.63) is 216 Å². The van der Waals surface area contributed by atoms with E-state index in [0.29, 0.717) is 11.8 Å². The summed E-state index contributed by atoms with van der Waals surface area (Å²) >= 11 is 0. The Balaban J connectivity index is 1.29. The fraction of sp³-hybridized carbons (Fsp3) is 0.133. The Hall–Kier alpha value is -7.16. The molecule has 0 fully saturated rings. The van der Waals surface area contributed by atoms with Crippen LogP contribution in [0.2, 0.25) is 0 Å². The Morgan fingerprint density at radius 2 is 0.726 bits per heavy atom. The van der Waals surface area contributed by atoms with Gasteiger partial charge in [0, 0.05) is 33.5 Å². The van der Waals surface area contributed by atoms with Gasteiger partial charge in [-0.1, -0.05) is 161 Å². The monoisotopic (exact) mass is 800 g/mol. The molecule has 0 radical (unpaired) electrons. The number of aryl methyl sites for hydroxylation is 2. The maximum absolute atomic E-state index is 2.52. The molecule has 2 heteroatoms. The quantitative estimate of drug-likeness (QED) is 0.127. The minimum absolute atomic E-state index is 0.302. The molecule has 0 spiro atoms. The van der Waals surface area contributed by atoms with Crippen LogP contribution in [-0.4, -0.2) is 0 Å². The van der Waals surface area contributed by atoms with Gasteiger partial charge >= 0.3 is 0 Å². The Kier molecular flexibility index (Phi) is 10.1. The normalized spacial score (nSPS) is 11.7. The first-order valence-electron chi connectivity index (χ1n) is 22.1. The van der Waals surface area contributed by atoms with Gasteiger partial charge in [-0.25, -0.2) is 0 Å². The molecule has 0 amide bonds. The molecular weight excluding hydrogens is 749 g/mol. The Labute approximate surface area is 366 Å². The Bertz CT molecular complexity index is 3200. The second-order valence-electron chi connectivity index (χ2n) is 17.4. The summed E-state index contributed by atoms with van der Waals surface area (Å²) in [5.74, 6) is 0.605. The summed E-state index contributed by atoms with van der Waals surface area (Å²) < 4.78 is 0. The lowest BCUT2D eigenvalue weighted by atomic mass is 9.83. The van der Waals surface area contributed by atoms with Crippen molar-refractivity contribution < 1.29 is 0 Å². The third-order valence-electron chi connectivity index (χ3n) is 12.8. The number of nitrogens with zero attached hydrogens (tertiary/aromatic N) is 2. The summed E-state index contributed by atoms with van der Waals surface area (Å²) in [5.41, 5.74) is 17.0. The van der Waals surface area contributed by atoms with Gasteiger partial charge in [-0.3, -0.25) is 0 Å². The number of benzene rings is 10. The minimum Gasteiger partial charge on any atom is -0.310 e. The average molecular weight is 801 g/mol. The van der Waals surface area contributed by atoms with E-state index < -0.39 is 0 Å². The van der Waals surface area contributed by atoms with Crippen LogP contribution in [0.15, 0.2) is 194 Å². The first kappa shape index (κ1) is 39.0. The number of hydrogen-bond acceptors (Lipinski definition) is 2. The van der Waals surface area contributed by atoms with E-state index in [-0.39, 0.29) is 0 Å². The summed E-state index contributed by atoms with van der Waals surface area (Å²) in [6, 6.07) is 71.8. The number of hydrogen-bond donors (Lipinski definition) is 0. The zero-order valence-electron chi connectivity index (χ0n) is 36.5. The number of anilines is 6. The number of para-hydroxylation sites is 2. The molecule has 0 atom stereocenters. The highest BCUT2D eigenvalue weighted by Crippen LogP contribution is 2.51. The molecule has 0 aliphatic carbocycles. The molecule has 0 unspecified atom stereocenters. The predicted octanol–water partition coefficient (Wildman–Crippen LogP) is 17.7. The summed E-state index contributed by atoms with van der Waals surface area (Å²) in [5, 5.41) is 7.83. The van der Waals surface area contributed by atoms with Crippen LogP contribution in [0.3, 0.4) is 0 Å². The van der Waals surface area contributed by atoms with Gasteiger partial charge in [-0.15, -0.1) is 0 Å². The van der Waals surface area contributed by atoms with Crippen molar-refractivity contribution in [1.82, 2.24) is 0 Å². The highest BCUT2D eigenvalue weighted by atomic mass is 15.2. The van der Waals surface area contributed by atoms with E-state index in [9.17, 15) is 0 Å². The molecule has 302 valence electrons. The molecule has 62 heavy (non-hydrogen) atoms. The SMILES string of the molecule is Cc1ccccc1N(c1ccc(-c2ccccc2)cc1)c1ccc2c(C(C)C)cc3c(N(c4cccc(-c5ccccc5)c4)c4ccccc4C)ccc4c(C(C)C)cc1c2c43. The topological polar surface area (TPSA) is 6.48 Å². The van der Waals surface area contributed by atoms with E-state index in [1.54, 1.807) is 0 Å².